The Hall–Kier alpha value is -2.28. The molecule has 23 heavy (non-hydrogen) atoms. The van der Waals surface area contributed by atoms with Gasteiger partial charge in [0.05, 0.1) is 6.61 Å². The predicted molar refractivity (Wildman–Crippen MR) is 89.1 cm³/mol. The molecule has 0 aliphatic rings. The first-order chi connectivity index (χ1) is 10.9. The van der Waals surface area contributed by atoms with Crippen LogP contribution in [0, 0.1) is 0 Å². The Balaban J connectivity index is 2.86. The first-order valence-corrected chi connectivity index (χ1v) is 7.96. The molecule has 7 heteroatoms. The Labute approximate surface area is 138 Å². The van der Waals surface area contributed by atoms with Gasteiger partial charge in [-0.2, -0.15) is 0 Å². The quantitative estimate of drug-likeness (QED) is 0.463. The third-order valence-corrected chi connectivity index (χ3v) is 3.60. The van der Waals surface area contributed by atoms with E-state index in [0.29, 0.717) is 12.0 Å². The minimum Gasteiger partial charge on any atom is -0.461 e. The highest BCUT2D eigenvalue weighted by molar-refractivity contribution is 7.14. The Bertz CT molecular complexity index is 662. The van der Waals surface area contributed by atoms with Gasteiger partial charge in [0.1, 0.15) is 5.83 Å². The lowest BCUT2D eigenvalue weighted by Gasteiger charge is -2.05. The number of hydrogen-bond acceptors (Lipinski definition) is 5. The molecule has 0 saturated carbocycles. The summed E-state index contributed by atoms with van der Waals surface area (Å²) in [5.41, 5.74) is 0.768. The molecule has 5 nitrogen and oxygen atoms in total. The highest BCUT2D eigenvalue weighted by atomic mass is 32.1. The number of carbonyl (C=O) groups is 2. The van der Waals surface area contributed by atoms with Crippen LogP contribution in [0.25, 0.3) is 0 Å². The van der Waals surface area contributed by atoms with Crippen molar-refractivity contribution in [2.45, 2.75) is 27.2 Å². The number of amides is 1. The second-order valence-electron chi connectivity index (χ2n) is 4.38. The molecule has 0 spiro atoms. The summed E-state index contributed by atoms with van der Waals surface area (Å²) in [6.07, 6.45) is 3.43. The minimum atomic E-state index is -0.571. The van der Waals surface area contributed by atoms with E-state index in [-0.39, 0.29) is 23.0 Å². The average Bonchev–Trinajstić information content (AvgIpc) is 2.96. The van der Waals surface area contributed by atoms with Crippen LogP contribution in [-0.2, 0) is 9.53 Å². The molecule has 0 aromatic carbocycles. The molecule has 0 aliphatic heterocycles. The molecule has 0 atom stereocenters. The summed E-state index contributed by atoms with van der Waals surface area (Å²) in [5.74, 6) is -1.56. The number of allylic oxidation sites excluding steroid dienone is 3. The van der Waals surface area contributed by atoms with Crippen molar-refractivity contribution in [3.05, 3.63) is 46.8 Å². The molecule has 0 unspecified atom stereocenters. The summed E-state index contributed by atoms with van der Waals surface area (Å²) in [6.45, 7) is 8.63. The summed E-state index contributed by atoms with van der Waals surface area (Å²) in [7, 11) is 0. The van der Waals surface area contributed by atoms with Gasteiger partial charge in [-0.3, -0.25) is 10.1 Å². The maximum Gasteiger partial charge on any atom is 0.357 e. The van der Waals surface area contributed by atoms with Gasteiger partial charge >= 0.3 is 5.97 Å². The molecule has 124 valence electrons. The van der Waals surface area contributed by atoms with E-state index < -0.39 is 17.7 Å². The molecule has 1 N–H and O–H groups in total. The summed E-state index contributed by atoms with van der Waals surface area (Å²) in [6, 6.07) is 0. The summed E-state index contributed by atoms with van der Waals surface area (Å²) in [5, 5.41) is 4.34. The number of anilines is 1. The smallest absolute Gasteiger partial charge is 0.357 e. The first-order valence-electron chi connectivity index (χ1n) is 7.08. The maximum atomic E-state index is 13.2. The van der Waals surface area contributed by atoms with Crippen molar-refractivity contribution < 1.29 is 18.7 Å². The number of halogens is 1. The van der Waals surface area contributed by atoms with Crippen LogP contribution in [0.15, 0.2) is 41.1 Å². The number of esters is 1. The van der Waals surface area contributed by atoms with Crippen LogP contribution in [0.1, 0.15) is 37.7 Å². The van der Waals surface area contributed by atoms with Crippen molar-refractivity contribution >= 4 is 28.3 Å². The zero-order valence-electron chi connectivity index (χ0n) is 13.3. The molecule has 1 aromatic rings. The van der Waals surface area contributed by atoms with E-state index in [1.165, 1.54) is 11.5 Å². The van der Waals surface area contributed by atoms with Gasteiger partial charge in [0.2, 0.25) is 0 Å². The Morgan fingerprint density at radius 3 is 2.70 bits per heavy atom. The zero-order chi connectivity index (χ0) is 17.4. The van der Waals surface area contributed by atoms with Crippen LogP contribution in [0.4, 0.5) is 9.52 Å². The number of nitrogens with one attached hydrogen (secondary N) is 1. The number of carbonyl (C=O) groups excluding carboxylic acids is 2. The van der Waals surface area contributed by atoms with Gasteiger partial charge in [-0.15, -0.1) is 11.3 Å². The van der Waals surface area contributed by atoms with Crippen molar-refractivity contribution in [1.82, 2.24) is 4.98 Å². The van der Waals surface area contributed by atoms with E-state index >= 15 is 0 Å². The average molecular weight is 338 g/mol. The molecular weight excluding hydrogens is 319 g/mol. The molecular formula is C16H19FN2O3S. The minimum absolute atomic E-state index is 0.135. The van der Waals surface area contributed by atoms with Gasteiger partial charge in [0, 0.05) is 11.0 Å². The fraction of sp³-hybridized carbons (Fsp3) is 0.312. The monoisotopic (exact) mass is 338 g/mol. The fourth-order valence-electron chi connectivity index (χ4n) is 1.64. The first kappa shape index (κ1) is 18.8. The van der Waals surface area contributed by atoms with Crippen LogP contribution >= 0.6 is 11.3 Å². The summed E-state index contributed by atoms with van der Waals surface area (Å²) < 4.78 is 18.1. The second-order valence-corrected chi connectivity index (χ2v) is 5.24. The third kappa shape index (κ3) is 5.45. The number of ether oxygens (including phenoxy) is 1. The SMILES string of the molecule is C=C(F)/C(=C\C(=CC)C(=O)Nc1nc(C(=O)OCC)cs1)CC. The van der Waals surface area contributed by atoms with E-state index in [9.17, 15) is 14.0 Å². The molecule has 1 amide bonds. The molecule has 0 fully saturated rings. The summed E-state index contributed by atoms with van der Waals surface area (Å²) in [4.78, 5) is 27.7. The molecule has 1 heterocycles. The lowest BCUT2D eigenvalue weighted by molar-refractivity contribution is -0.112. The van der Waals surface area contributed by atoms with E-state index in [1.54, 1.807) is 26.8 Å². The fourth-order valence-corrected chi connectivity index (χ4v) is 2.31. The largest absolute Gasteiger partial charge is 0.461 e. The van der Waals surface area contributed by atoms with E-state index in [2.05, 4.69) is 16.9 Å². The molecule has 0 saturated heterocycles. The number of thiazole rings is 1. The summed E-state index contributed by atoms with van der Waals surface area (Å²) >= 11 is 1.11. The topological polar surface area (TPSA) is 68.3 Å². The van der Waals surface area contributed by atoms with Gasteiger partial charge in [-0.25, -0.2) is 14.2 Å². The standard InChI is InChI=1S/C16H19FN2O3S/c1-5-11(10(4)17)8-12(6-2)14(20)19-16-18-13(9-23-16)15(21)22-7-3/h6,8-9H,4-5,7H2,1-3H3,(H,18,19,20)/b11-8-,12-6?. The zero-order valence-corrected chi connectivity index (χ0v) is 14.1. The number of hydrogen-bond donors (Lipinski definition) is 1. The van der Waals surface area contributed by atoms with Gasteiger partial charge in [-0.05, 0) is 31.9 Å². The third-order valence-electron chi connectivity index (χ3n) is 2.84. The number of aromatic nitrogens is 1. The highest BCUT2D eigenvalue weighted by Crippen LogP contribution is 2.19. The number of nitrogens with zero attached hydrogens (tertiary/aromatic N) is 1. The van der Waals surface area contributed by atoms with Crippen molar-refractivity contribution in [2.75, 3.05) is 11.9 Å². The number of rotatable bonds is 7. The molecule has 0 radical (unpaired) electrons. The molecule has 1 aromatic heterocycles. The lowest BCUT2D eigenvalue weighted by atomic mass is 10.1. The van der Waals surface area contributed by atoms with Crippen LogP contribution in [0.2, 0.25) is 0 Å². The normalized spacial score (nSPS) is 12.0. The highest BCUT2D eigenvalue weighted by Gasteiger charge is 2.15. The molecule has 0 bridgehead atoms. The van der Waals surface area contributed by atoms with E-state index in [0.717, 1.165) is 11.3 Å². The van der Waals surface area contributed by atoms with Crippen molar-refractivity contribution in [3.8, 4) is 0 Å². The van der Waals surface area contributed by atoms with Crippen LogP contribution < -0.4 is 5.32 Å². The van der Waals surface area contributed by atoms with Crippen molar-refractivity contribution in [2.24, 2.45) is 0 Å². The van der Waals surface area contributed by atoms with E-state index in [4.69, 9.17) is 4.74 Å². The van der Waals surface area contributed by atoms with Crippen LogP contribution in [-0.4, -0.2) is 23.5 Å². The van der Waals surface area contributed by atoms with Crippen LogP contribution in [0.5, 0.6) is 0 Å². The van der Waals surface area contributed by atoms with Gasteiger partial charge in [-0.1, -0.05) is 19.6 Å². The van der Waals surface area contributed by atoms with Crippen LogP contribution in [0.3, 0.4) is 0 Å². The van der Waals surface area contributed by atoms with Gasteiger partial charge < -0.3 is 4.74 Å². The Morgan fingerprint density at radius 2 is 2.17 bits per heavy atom. The lowest BCUT2D eigenvalue weighted by Crippen LogP contribution is -2.14. The second kappa shape index (κ2) is 8.99. The predicted octanol–water partition coefficient (Wildman–Crippen LogP) is 4.02. The Morgan fingerprint density at radius 1 is 1.48 bits per heavy atom. The van der Waals surface area contributed by atoms with Gasteiger partial charge in [0.15, 0.2) is 10.8 Å². The maximum absolute atomic E-state index is 13.2. The Kier molecular flexibility index (Phi) is 7.34. The molecule has 1 rings (SSSR count). The van der Waals surface area contributed by atoms with Crippen molar-refractivity contribution in [3.63, 3.8) is 0 Å². The van der Waals surface area contributed by atoms with Gasteiger partial charge in [0.25, 0.3) is 5.91 Å². The van der Waals surface area contributed by atoms with Crippen molar-refractivity contribution in [1.29, 1.82) is 0 Å². The van der Waals surface area contributed by atoms with E-state index in [1.807, 2.05) is 0 Å². The molecule has 0 aliphatic carbocycles.